The molecule has 1 saturated heterocycles. The van der Waals surface area contributed by atoms with Gasteiger partial charge in [0.15, 0.2) is 0 Å². The summed E-state index contributed by atoms with van der Waals surface area (Å²) in [6.07, 6.45) is 4.14. The standard InChI is InChI=1S/C16H21NO3/c1-17-14-6-4-11(9-12(14)10-16(17)19)15(18)7-5-13-3-2-8-20-13/h4,6,9,13,15,18H,2-3,5,7-8,10H2,1H3. The van der Waals surface area contributed by atoms with Crippen molar-refractivity contribution in [2.24, 2.45) is 0 Å². The molecule has 0 bridgehead atoms. The second-order valence-electron chi connectivity index (χ2n) is 5.75. The van der Waals surface area contributed by atoms with Gasteiger partial charge in [0.05, 0.1) is 18.6 Å². The molecular weight excluding hydrogens is 254 g/mol. The topological polar surface area (TPSA) is 49.8 Å². The van der Waals surface area contributed by atoms with Gasteiger partial charge in [0.2, 0.25) is 5.91 Å². The van der Waals surface area contributed by atoms with Crippen LogP contribution in [-0.2, 0) is 16.0 Å². The van der Waals surface area contributed by atoms with E-state index in [1.807, 2.05) is 18.2 Å². The molecule has 2 atom stereocenters. The molecule has 2 aliphatic heterocycles. The van der Waals surface area contributed by atoms with E-state index in [0.717, 1.165) is 42.7 Å². The van der Waals surface area contributed by atoms with Gasteiger partial charge in [-0.25, -0.2) is 0 Å². The number of likely N-dealkylation sites (N-methyl/N-ethyl adjacent to an activating group) is 1. The first-order valence-electron chi connectivity index (χ1n) is 7.34. The number of hydrogen-bond donors (Lipinski definition) is 1. The summed E-state index contributed by atoms with van der Waals surface area (Å²) in [6.45, 7) is 0.855. The van der Waals surface area contributed by atoms with Crippen molar-refractivity contribution in [2.45, 2.75) is 44.3 Å². The number of rotatable bonds is 4. The minimum absolute atomic E-state index is 0.117. The molecule has 2 aliphatic rings. The van der Waals surface area contributed by atoms with E-state index in [1.165, 1.54) is 0 Å². The predicted molar refractivity (Wildman–Crippen MR) is 76.7 cm³/mol. The first-order valence-corrected chi connectivity index (χ1v) is 7.34. The average molecular weight is 275 g/mol. The quantitative estimate of drug-likeness (QED) is 0.916. The number of anilines is 1. The minimum atomic E-state index is -0.467. The molecule has 108 valence electrons. The van der Waals surface area contributed by atoms with Crippen LogP contribution < -0.4 is 4.90 Å². The van der Waals surface area contributed by atoms with Crippen molar-refractivity contribution in [2.75, 3.05) is 18.6 Å². The maximum absolute atomic E-state index is 11.7. The number of aliphatic hydroxyl groups is 1. The summed E-state index contributed by atoms with van der Waals surface area (Å²) in [7, 11) is 1.79. The molecule has 0 aliphatic carbocycles. The first kappa shape index (κ1) is 13.6. The zero-order valence-corrected chi connectivity index (χ0v) is 11.8. The molecule has 2 heterocycles. The van der Waals surface area contributed by atoms with Crippen LogP contribution in [0.1, 0.15) is 42.9 Å². The molecule has 1 aromatic rings. The lowest BCUT2D eigenvalue weighted by molar-refractivity contribution is -0.117. The molecule has 0 radical (unpaired) electrons. The van der Waals surface area contributed by atoms with E-state index in [4.69, 9.17) is 4.74 Å². The smallest absolute Gasteiger partial charge is 0.231 e. The van der Waals surface area contributed by atoms with Gasteiger partial charge < -0.3 is 14.7 Å². The maximum atomic E-state index is 11.7. The average Bonchev–Trinajstić information content (AvgIpc) is 3.05. The van der Waals surface area contributed by atoms with Crippen LogP contribution in [0.15, 0.2) is 18.2 Å². The van der Waals surface area contributed by atoms with E-state index in [-0.39, 0.29) is 5.91 Å². The van der Waals surface area contributed by atoms with E-state index in [1.54, 1.807) is 11.9 Å². The van der Waals surface area contributed by atoms with E-state index in [9.17, 15) is 9.90 Å². The van der Waals surface area contributed by atoms with Crippen LogP contribution in [0.25, 0.3) is 0 Å². The third kappa shape index (κ3) is 2.58. The monoisotopic (exact) mass is 275 g/mol. The lowest BCUT2D eigenvalue weighted by Crippen LogP contribution is -2.20. The zero-order valence-electron chi connectivity index (χ0n) is 11.8. The number of carbonyl (C=O) groups is 1. The minimum Gasteiger partial charge on any atom is -0.388 e. The molecule has 0 spiro atoms. The van der Waals surface area contributed by atoms with Crippen molar-refractivity contribution in [1.82, 2.24) is 0 Å². The molecular formula is C16H21NO3. The van der Waals surface area contributed by atoms with Gasteiger partial charge in [-0.2, -0.15) is 0 Å². The summed E-state index contributed by atoms with van der Waals surface area (Å²) >= 11 is 0. The summed E-state index contributed by atoms with van der Waals surface area (Å²) in [5, 5.41) is 10.3. The van der Waals surface area contributed by atoms with Crippen LogP contribution in [0, 0.1) is 0 Å². The fourth-order valence-electron chi connectivity index (χ4n) is 3.08. The van der Waals surface area contributed by atoms with Gasteiger partial charge in [-0.05, 0) is 42.9 Å². The summed E-state index contributed by atoms with van der Waals surface area (Å²) in [5.41, 5.74) is 2.89. The Hall–Kier alpha value is -1.39. The number of nitrogens with zero attached hydrogens (tertiary/aromatic N) is 1. The summed E-state index contributed by atoms with van der Waals surface area (Å²) in [5.74, 6) is 0.117. The third-order valence-corrected chi connectivity index (χ3v) is 4.35. The molecule has 20 heavy (non-hydrogen) atoms. The Labute approximate surface area is 119 Å². The molecule has 1 amide bonds. The Morgan fingerprint density at radius 2 is 2.35 bits per heavy atom. The largest absolute Gasteiger partial charge is 0.388 e. The SMILES string of the molecule is CN1C(=O)Cc2cc(C(O)CCC3CCCO3)ccc21. The van der Waals surface area contributed by atoms with Gasteiger partial charge in [-0.3, -0.25) is 4.79 Å². The van der Waals surface area contributed by atoms with Crippen LogP contribution in [0.3, 0.4) is 0 Å². The number of hydrogen-bond acceptors (Lipinski definition) is 3. The van der Waals surface area contributed by atoms with Gasteiger partial charge in [-0.15, -0.1) is 0 Å². The normalized spacial score (nSPS) is 23.2. The molecule has 4 heteroatoms. The number of amides is 1. The van der Waals surface area contributed by atoms with Crippen LogP contribution in [-0.4, -0.2) is 30.8 Å². The van der Waals surface area contributed by atoms with E-state index in [0.29, 0.717) is 18.9 Å². The predicted octanol–water partition coefficient (Wildman–Crippen LogP) is 2.20. The number of fused-ring (bicyclic) bond motifs is 1. The fraction of sp³-hybridized carbons (Fsp3) is 0.562. The maximum Gasteiger partial charge on any atom is 0.231 e. The lowest BCUT2D eigenvalue weighted by Gasteiger charge is -2.16. The Morgan fingerprint density at radius 1 is 1.50 bits per heavy atom. The molecule has 1 N–H and O–H groups in total. The number of aliphatic hydroxyl groups excluding tert-OH is 1. The Bertz CT molecular complexity index is 508. The molecule has 3 rings (SSSR count). The van der Waals surface area contributed by atoms with E-state index < -0.39 is 6.10 Å². The molecule has 4 nitrogen and oxygen atoms in total. The number of benzene rings is 1. The molecule has 0 aromatic heterocycles. The molecule has 0 saturated carbocycles. The second kappa shape index (κ2) is 5.54. The van der Waals surface area contributed by atoms with Crippen molar-refractivity contribution in [1.29, 1.82) is 0 Å². The lowest BCUT2D eigenvalue weighted by atomic mass is 9.99. The van der Waals surface area contributed by atoms with Gasteiger partial charge >= 0.3 is 0 Å². The van der Waals surface area contributed by atoms with Crippen LogP contribution in [0.4, 0.5) is 5.69 Å². The van der Waals surface area contributed by atoms with E-state index in [2.05, 4.69) is 0 Å². The van der Waals surface area contributed by atoms with Crippen molar-refractivity contribution in [3.05, 3.63) is 29.3 Å². The highest BCUT2D eigenvalue weighted by atomic mass is 16.5. The summed E-state index contributed by atoms with van der Waals surface area (Å²) in [6, 6.07) is 5.83. The highest BCUT2D eigenvalue weighted by Crippen LogP contribution is 2.31. The molecule has 1 aromatic carbocycles. The van der Waals surface area contributed by atoms with Gasteiger partial charge in [0, 0.05) is 19.3 Å². The van der Waals surface area contributed by atoms with Gasteiger partial charge in [0.25, 0.3) is 0 Å². The van der Waals surface area contributed by atoms with Gasteiger partial charge in [0.1, 0.15) is 0 Å². The Morgan fingerprint density at radius 3 is 3.10 bits per heavy atom. The third-order valence-electron chi connectivity index (χ3n) is 4.35. The van der Waals surface area contributed by atoms with Crippen molar-refractivity contribution < 1.29 is 14.6 Å². The summed E-state index contributed by atoms with van der Waals surface area (Å²) < 4.78 is 5.58. The highest BCUT2D eigenvalue weighted by molar-refractivity contribution is 6.00. The molecule has 1 fully saturated rings. The first-order chi connectivity index (χ1) is 9.65. The van der Waals surface area contributed by atoms with Crippen molar-refractivity contribution >= 4 is 11.6 Å². The van der Waals surface area contributed by atoms with Gasteiger partial charge in [-0.1, -0.05) is 12.1 Å². The fourth-order valence-corrected chi connectivity index (χ4v) is 3.08. The molecule has 2 unspecified atom stereocenters. The number of ether oxygens (including phenoxy) is 1. The van der Waals surface area contributed by atoms with E-state index >= 15 is 0 Å². The van der Waals surface area contributed by atoms with Crippen LogP contribution >= 0.6 is 0 Å². The van der Waals surface area contributed by atoms with Crippen LogP contribution in [0.2, 0.25) is 0 Å². The van der Waals surface area contributed by atoms with Crippen molar-refractivity contribution in [3.63, 3.8) is 0 Å². The summed E-state index contributed by atoms with van der Waals surface area (Å²) in [4.78, 5) is 13.3. The Balaban J connectivity index is 1.65. The van der Waals surface area contributed by atoms with Crippen molar-refractivity contribution in [3.8, 4) is 0 Å². The highest BCUT2D eigenvalue weighted by Gasteiger charge is 2.25. The number of carbonyl (C=O) groups excluding carboxylic acids is 1. The second-order valence-corrected chi connectivity index (χ2v) is 5.75. The Kier molecular flexibility index (Phi) is 3.76. The zero-order chi connectivity index (χ0) is 14.1. The van der Waals surface area contributed by atoms with Crippen LogP contribution in [0.5, 0.6) is 0 Å².